The quantitative estimate of drug-likeness (QED) is 0.0345. The standard InChI is InChI=1S/C55H94N4O20/c1-2-41(52(68)69)20-17-18-30-56-47(62)29-27-46(55(74)75)59-49(64)28-24-42(53(70)71)38-44(61)39-78-36-35-77-33-31-57-50(65)40-79-37-34-76-32-19-21-43(60)25-26-45(54(72)73)58-48(63)22-15-13-11-9-7-5-3-4-6-8-10-12-14-16-23-51(66)67/h41-42,45-46H,2-40H2,1H3,(H,56,62)(H,57,65)(H,58,63)(H,59,64)(H,66,67)(H,68,69)(H,70,71)(H,72,73)(H,74,75)/t41-,42+,45-,46-/m0/s1. The molecule has 0 saturated carbocycles. The fraction of sp³-hybridized carbons (Fsp3) is 0.800. The van der Waals surface area contributed by atoms with Crippen LogP contribution in [0, 0.1) is 11.8 Å². The molecule has 0 heterocycles. The predicted octanol–water partition coefficient (Wildman–Crippen LogP) is 5.38. The predicted molar refractivity (Wildman–Crippen MR) is 288 cm³/mol. The summed E-state index contributed by atoms with van der Waals surface area (Å²) in [6.07, 6.45) is 16.6. The van der Waals surface area contributed by atoms with Crippen molar-refractivity contribution in [3.63, 3.8) is 0 Å². The van der Waals surface area contributed by atoms with Gasteiger partial charge in [-0.25, -0.2) is 9.59 Å². The van der Waals surface area contributed by atoms with E-state index in [0.29, 0.717) is 38.5 Å². The lowest BCUT2D eigenvalue weighted by Crippen LogP contribution is -2.42. The van der Waals surface area contributed by atoms with Crippen LogP contribution in [0.25, 0.3) is 0 Å². The smallest absolute Gasteiger partial charge is 0.326 e. The number of rotatable bonds is 57. The lowest BCUT2D eigenvalue weighted by atomic mass is 9.97. The third-order valence-electron chi connectivity index (χ3n) is 12.9. The SMILES string of the molecule is CC[C@@H](CCCCNC(=O)CC[C@H](NC(=O)CC[C@H](CC(=O)COCCOCCNC(=O)COCCOCCCC(=O)CC[C@H](NC(=O)CCCCCCCCCCCCCCCCC(=O)O)C(=O)O)C(=O)O)C(=O)O)C(=O)O. The molecule has 4 amide bonds. The van der Waals surface area contributed by atoms with Gasteiger partial charge in [-0.1, -0.05) is 90.4 Å². The number of amides is 4. The van der Waals surface area contributed by atoms with E-state index in [1.54, 1.807) is 6.92 Å². The number of nitrogens with one attached hydrogen (secondary N) is 4. The number of hydrogen-bond donors (Lipinski definition) is 9. The summed E-state index contributed by atoms with van der Waals surface area (Å²) in [5.74, 6) is -9.78. The lowest BCUT2D eigenvalue weighted by molar-refractivity contribution is -0.145. The fourth-order valence-corrected chi connectivity index (χ4v) is 8.20. The third-order valence-corrected chi connectivity index (χ3v) is 12.9. The Labute approximate surface area is 465 Å². The minimum Gasteiger partial charge on any atom is -0.481 e. The van der Waals surface area contributed by atoms with Gasteiger partial charge in [0, 0.05) is 64.6 Å². The first-order valence-electron chi connectivity index (χ1n) is 28.5. The maximum Gasteiger partial charge on any atom is 0.326 e. The Morgan fingerprint density at radius 1 is 0.354 bits per heavy atom. The van der Waals surface area contributed by atoms with Gasteiger partial charge in [0.15, 0.2) is 5.78 Å². The number of aliphatic carboxylic acids is 5. The van der Waals surface area contributed by atoms with Crippen molar-refractivity contribution in [1.29, 1.82) is 0 Å². The van der Waals surface area contributed by atoms with Gasteiger partial charge in [0.05, 0.1) is 44.9 Å². The Kier molecular flexibility index (Phi) is 46.0. The van der Waals surface area contributed by atoms with Crippen LogP contribution in [0.5, 0.6) is 0 Å². The molecule has 24 heteroatoms. The lowest BCUT2D eigenvalue weighted by Gasteiger charge is -2.16. The minimum absolute atomic E-state index is 0.00187. The van der Waals surface area contributed by atoms with Gasteiger partial charge >= 0.3 is 29.8 Å². The molecule has 79 heavy (non-hydrogen) atoms. The van der Waals surface area contributed by atoms with E-state index in [-0.39, 0.29) is 129 Å². The summed E-state index contributed by atoms with van der Waals surface area (Å²) < 4.78 is 21.4. The first-order valence-corrected chi connectivity index (χ1v) is 28.5. The molecule has 0 fully saturated rings. The number of ketones is 2. The van der Waals surface area contributed by atoms with Crippen molar-refractivity contribution in [3.8, 4) is 0 Å². The number of carboxylic acids is 5. The zero-order valence-electron chi connectivity index (χ0n) is 46.7. The van der Waals surface area contributed by atoms with Crippen molar-refractivity contribution in [1.82, 2.24) is 21.3 Å². The molecule has 9 N–H and O–H groups in total. The highest BCUT2D eigenvalue weighted by atomic mass is 16.5. The second-order valence-electron chi connectivity index (χ2n) is 19.8. The molecule has 0 spiro atoms. The molecule has 24 nitrogen and oxygen atoms in total. The van der Waals surface area contributed by atoms with Crippen molar-refractivity contribution in [2.45, 2.75) is 205 Å². The molecule has 0 aliphatic carbocycles. The van der Waals surface area contributed by atoms with E-state index in [0.717, 1.165) is 51.4 Å². The number of hydrogen-bond acceptors (Lipinski definition) is 15. The Balaban J connectivity index is 3.97. The first-order chi connectivity index (χ1) is 37.9. The summed E-state index contributed by atoms with van der Waals surface area (Å²) >= 11 is 0. The van der Waals surface area contributed by atoms with Crippen molar-refractivity contribution < 1.29 is 97.2 Å². The normalized spacial score (nSPS) is 12.6. The highest BCUT2D eigenvalue weighted by Gasteiger charge is 2.26. The van der Waals surface area contributed by atoms with Gasteiger partial charge in [0.1, 0.15) is 31.1 Å². The van der Waals surface area contributed by atoms with E-state index in [2.05, 4.69) is 21.3 Å². The molecule has 0 rings (SSSR count). The molecule has 0 aliphatic rings. The van der Waals surface area contributed by atoms with Gasteiger partial charge in [-0.05, 0) is 57.8 Å². The number of ether oxygens (including phenoxy) is 4. The van der Waals surface area contributed by atoms with Crippen molar-refractivity contribution in [2.75, 3.05) is 65.9 Å². The summed E-state index contributed by atoms with van der Waals surface area (Å²) in [7, 11) is 0. The number of carbonyl (C=O) groups is 11. The number of carbonyl (C=O) groups excluding carboxylic acids is 6. The topological polar surface area (TPSA) is 374 Å². The third kappa shape index (κ3) is 45.9. The van der Waals surface area contributed by atoms with Gasteiger partial charge in [-0.3, -0.25) is 43.2 Å². The van der Waals surface area contributed by atoms with Gasteiger partial charge in [-0.15, -0.1) is 0 Å². The molecule has 454 valence electrons. The van der Waals surface area contributed by atoms with Crippen LogP contribution in [0.1, 0.15) is 193 Å². The van der Waals surface area contributed by atoms with Crippen LogP contribution in [-0.2, 0) is 71.7 Å². The molecule has 0 unspecified atom stereocenters. The van der Waals surface area contributed by atoms with Crippen LogP contribution < -0.4 is 21.3 Å². The molecule has 0 aliphatic heterocycles. The van der Waals surface area contributed by atoms with E-state index in [9.17, 15) is 68.1 Å². The number of Topliss-reactive ketones (excluding diaryl/α,β-unsaturated/α-hetero) is 2. The average molecular weight is 1130 g/mol. The molecule has 4 atom stereocenters. The Hall–Kier alpha value is -5.59. The summed E-state index contributed by atoms with van der Waals surface area (Å²) in [5.41, 5.74) is 0. The van der Waals surface area contributed by atoms with E-state index in [1.807, 2.05) is 0 Å². The van der Waals surface area contributed by atoms with Crippen LogP contribution in [-0.4, -0.2) is 169 Å². The number of carboxylic acid groups (broad SMARTS) is 5. The monoisotopic (exact) mass is 1130 g/mol. The van der Waals surface area contributed by atoms with E-state index in [4.69, 9.17) is 29.2 Å². The summed E-state index contributed by atoms with van der Waals surface area (Å²) in [4.78, 5) is 131. The first kappa shape index (κ1) is 73.4. The summed E-state index contributed by atoms with van der Waals surface area (Å²) in [5, 5.41) is 56.5. The largest absolute Gasteiger partial charge is 0.481 e. The summed E-state index contributed by atoms with van der Waals surface area (Å²) in [6.45, 7) is 2.33. The molecule has 0 radical (unpaired) electrons. The Bertz CT molecular complexity index is 1780. The molecule has 0 bridgehead atoms. The second-order valence-corrected chi connectivity index (χ2v) is 19.8. The highest BCUT2D eigenvalue weighted by Crippen LogP contribution is 2.16. The molecular weight excluding hydrogens is 1040 g/mol. The zero-order chi connectivity index (χ0) is 58.9. The highest BCUT2D eigenvalue weighted by molar-refractivity contribution is 5.87. The van der Waals surface area contributed by atoms with Gasteiger partial charge < -0.3 is 65.7 Å². The van der Waals surface area contributed by atoms with Crippen LogP contribution in [0.2, 0.25) is 0 Å². The minimum atomic E-state index is -1.40. The van der Waals surface area contributed by atoms with E-state index >= 15 is 0 Å². The molecule has 0 aromatic rings. The van der Waals surface area contributed by atoms with Gasteiger partial charge in [-0.2, -0.15) is 0 Å². The van der Waals surface area contributed by atoms with Crippen molar-refractivity contribution in [2.24, 2.45) is 11.8 Å². The van der Waals surface area contributed by atoms with Gasteiger partial charge in [0.2, 0.25) is 23.6 Å². The Morgan fingerprint density at radius 2 is 0.823 bits per heavy atom. The van der Waals surface area contributed by atoms with Crippen molar-refractivity contribution in [3.05, 3.63) is 0 Å². The van der Waals surface area contributed by atoms with Crippen LogP contribution in [0.15, 0.2) is 0 Å². The Morgan fingerprint density at radius 3 is 1.35 bits per heavy atom. The van der Waals surface area contributed by atoms with Crippen molar-refractivity contribution >= 4 is 65.0 Å². The van der Waals surface area contributed by atoms with E-state index in [1.165, 1.54) is 32.1 Å². The maximum absolute atomic E-state index is 12.5. The zero-order valence-corrected chi connectivity index (χ0v) is 46.7. The van der Waals surface area contributed by atoms with Crippen LogP contribution >= 0.6 is 0 Å². The summed E-state index contributed by atoms with van der Waals surface area (Å²) in [6, 6.07) is -2.54. The molecular formula is C55H94N4O20. The van der Waals surface area contributed by atoms with Gasteiger partial charge in [0.25, 0.3) is 0 Å². The maximum atomic E-state index is 12.5. The fourth-order valence-electron chi connectivity index (χ4n) is 8.20. The van der Waals surface area contributed by atoms with E-state index < -0.39 is 90.3 Å². The molecule has 0 aromatic heterocycles. The van der Waals surface area contributed by atoms with Crippen LogP contribution in [0.3, 0.4) is 0 Å². The average Bonchev–Trinajstić information content (AvgIpc) is 3.39. The number of unbranched alkanes of at least 4 members (excludes halogenated alkanes) is 14. The molecule has 0 aromatic carbocycles. The van der Waals surface area contributed by atoms with Crippen LogP contribution in [0.4, 0.5) is 0 Å². The molecule has 0 saturated heterocycles. The second kappa shape index (κ2) is 49.5.